The minimum Gasteiger partial charge on any atom is -0.212 e. The number of hydrogen-bond donors (Lipinski definition) is 0. The summed E-state index contributed by atoms with van der Waals surface area (Å²) >= 11 is 1.77. The van der Waals surface area contributed by atoms with Crippen LogP contribution >= 0.6 is 11.8 Å². The smallest absolute Gasteiger partial charge is 0.212 e. The molecule has 0 aromatic heterocycles. The van der Waals surface area contributed by atoms with Crippen molar-refractivity contribution < 1.29 is 8.42 Å². The van der Waals surface area contributed by atoms with E-state index in [4.69, 9.17) is 5.26 Å². The highest BCUT2D eigenvalue weighted by atomic mass is 32.2. The summed E-state index contributed by atoms with van der Waals surface area (Å²) in [6.07, 6.45) is 0. The highest BCUT2D eigenvalue weighted by molar-refractivity contribution is 7.99. The van der Waals surface area contributed by atoms with Crippen LogP contribution < -0.4 is 0 Å². The second-order valence-electron chi connectivity index (χ2n) is 4.04. The van der Waals surface area contributed by atoms with Crippen LogP contribution in [0.2, 0.25) is 0 Å². The van der Waals surface area contributed by atoms with E-state index in [9.17, 15) is 8.42 Å². The van der Waals surface area contributed by atoms with E-state index in [1.165, 1.54) is 4.31 Å². The fourth-order valence-electron chi connectivity index (χ4n) is 1.87. The summed E-state index contributed by atoms with van der Waals surface area (Å²) in [7, 11) is -3.30. The second kappa shape index (κ2) is 5.74. The summed E-state index contributed by atoms with van der Waals surface area (Å²) in [6, 6.07) is 8.89. The molecule has 1 heterocycles. The van der Waals surface area contributed by atoms with Crippen LogP contribution in [0.5, 0.6) is 0 Å². The zero-order valence-electron chi connectivity index (χ0n) is 9.87. The molecule has 1 fully saturated rings. The van der Waals surface area contributed by atoms with Gasteiger partial charge in [-0.1, -0.05) is 18.2 Å². The van der Waals surface area contributed by atoms with E-state index in [0.29, 0.717) is 24.2 Å². The van der Waals surface area contributed by atoms with Crippen LogP contribution in [0.3, 0.4) is 0 Å². The fourth-order valence-corrected chi connectivity index (χ4v) is 4.57. The molecule has 1 aliphatic heterocycles. The van der Waals surface area contributed by atoms with E-state index < -0.39 is 10.0 Å². The van der Waals surface area contributed by atoms with E-state index in [0.717, 1.165) is 11.5 Å². The minimum absolute atomic E-state index is 0.0819. The third-order valence-corrected chi connectivity index (χ3v) is 5.61. The quantitative estimate of drug-likeness (QED) is 0.841. The molecule has 1 aromatic rings. The molecule has 0 atom stereocenters. The molecule has 0 amide bonds. The number of nitriles is 1. The van der Waals surface area contributed by atoms with Crippen LogP contribution in [0.4, 0.5) is 0 Å². The van der Waals surface area contributed by atoms with Gasteiger partial charge in [-0.3, -0.25) is 0 Å². The maximum Gasteiger partial charge on any atom is 0.218 e. The predicted octanol–water partition coefficient (Wildman–Crippen LogP) is 1.44. The molecule has 18 heavy (non-hydrogen) atoms. The lowest BCUT2D eigenvalue weighted by atomic mass is 10.1. The van der Waals surface area contributed by atoms with Gasteiger partial charge in [-0.2, -0.15) is 21.3 Å². The van der Waals surface area contributed by atoms with E-state index in [1.54, 1.807) is 36.0 Å². The molecule has 0 radical (unpaired) electrons. The Kier molecular flexibility index (Phi) is 4.27. The third kappa shape index (κ3) is 3.05. The maximum atomic E-state index is 12.2. The minimum atomic E-state index is -3.30. The van der Waals surface area contributed by atoms with Crippen molar-refractivity contribution in [3.05, 3.63) is 35.4 Å². The Labute approximate surface area is 112 Å². The molecule has 0 unspecified atom stereocenters. The van der Waals surface area contributed by atoms with Gasteiger partial charge in [0.2, 0.25) is 10.0 Å². The Morgan fingerprint density at radius 2 is 1.94 bits per heavy atom. The van der Waals surface area contributed by atoms with Crippen molar-refractivity contribution >= 4 is 21.8 Å². The summed E-state index contributed by atoms with van der Waals surface area (Å²) in [5, 5.41) is 8.96. The van der Waals surface area contributed by atoms with Crippen LogP contribution in [0.25, 0.3) is 0 Å². The SMILES string of the molecule is N#Cc1ccccc1CS(=O)(=O)N1CCSCC1. The Morgan fingerprint density at radius 1 is 1.28 bits per heavy atom. The van der Waals surface area contributed by atoms with Crippen LogP contribution in [0.15, 0.2) is 24.3 Å². The van der Waals surface area contributed by atoms with Crippen molar-refractivity contribution in [3.8, 4) is 6.07 Å². The van der Waals surface area contributed by atoms with Crippen LogP contribution in [-0.2, 0) is 15.8 Å². The van der Waals surface area contributed by atoms with Crippen molar-refractivity contribution in [1.82, 2.24) is 4.31 Å². The van der Waals surface area contributed by atoms with Crippen molar-refractivity contribution in [3.63, 3.8) is 0 Å². The molecule has 0 spiro atoms. The third-order valence-electron chi connectivity index (χ3n) is 2.84. The van der Waals surface area contributed by atoms with E-state index >= 15 is 0 Å². The number of thioether (sulfide) groups is 1. The molecule has 2 rings (SSSR count). The Balaban J connectivity index is 2.19. The van der Waals surface area contributed by atoms with Crippen molar-refractivity contribution in [2.75, 3.05) is 24.6 Å². The molecule has 6 heteroatoms. The van der Waals surface area contributed by atoms with Gasteiger partial charge < -0.3 is 0 Å². The number of hydrogen-bond acceptors (Lipinski definition) is 4. The largest absolute Gasteiger partial charge is 0.218 e. The Hall–Kier alpha value is -1.03. The summed E-state index contributed by atoms with van der Waals surface area (Å²) in [4.78, 5) is 0. The van der Waals surface area contributed by atoms with Gasteiger partial charge in [0.15, 0.2) is 0 Å². The first-order chi connectivity index (χ1) is 8.63. The number of nitrogens with zero attached hydrogens (tertiary/aromatic N) is 2. The predicted molar refractivity (Wildman–Crippen MR) is 72.7 cm³/mol. The first kappa shape index (κ1) is 13.4. The van der Waals surface area contributed by atoms with Gasteiger partial charge in [0, 0.05) is 24.6 Å². The summed E-state index contributed by atoms with van der Waals surface area (Å²) in [5.74, 6) is 1.61. The van der Waals surface area contributed by atoms with E-state index in [2.05, 4.69) is 0 Å². The van der Waals surface area contributed by atoms with Crippen LogP contribution in [0, 0.1) is 11.3 Å². The van der Waals surface area contributed by atoms with Gasteiger partial charge in [-0.15, -0.1) is 0 Å². The lowest BCUT2D eigenvalue weighted by Crippen LogP contribution is -2.38. The van der Waals surface area contributed by atoms with Gasteiger partial charge >= 0.3 is 0 Å². The standard InChI is InChI=1S/C12H14N2O2S2/c13-9-11-3-1-2-4-12(11)10-18(15,16)14-5-7-17-8-6-14/h1-4H,5-8,10H2. The number of rotatable bonds is 3. The lowest BCUT2D eigenvalue weighted by Gasteiger charge is -2.25. The van der Waals surface area contributed by atoms with E-state index in [-0.39, 0.29) is 5.75 Å². The van der Waals surface area contributed by atoms with Gasteiger partial charge in [-0.25, -0.2) is 8.42 Å². The van der Waals surface area contributed by atoms with E-state index in [1.807, 2.05) is 6.07 Å². The van der Waals surface area contributed by atoms with Crippen molar-refractivity contribution in [2.24, 2.45) is 0 Å². The van der Waals surface area contributed by atoms with Gasteiger partial charge in [0.25, 0.3) is 0 Å². The molecule has 0 N–H and O–H groups in total. The van der Waals surface area contributed by atoms with Crippen molar-refractivity contribution in [1.29, 1.82) is 5.26 Å². The monoisotopic (exact) mass is 282 g/mol. The molecule has 1 saturated heterocycles. The number of benzene rings is 1. The average Bonchev–Trinajstić information content (AvgIpc) is 2.40. The molecule has 4 nitrogen and oxygen atoms in total. The normalized spacial score (nSPS) is 17.3. The van der Waals surface area contributed by atoms with Gasteiger partial charge in [0.05, 0.1) is 17.4 Å². The van der Waals surface area contributed by atoms with Crippen LogP contribution in [-0.4, -0.2) is 37.3 Å². The lowest BCUT2D eigenvalue weighted by molar-refractivity contribution is 0.443. The molecule has 1 aliphatic rings. The molecule has 1 aromatic carbocycles. The molecule has 96 valence electrons. The maximum absolute atomic E-state index is 12.2. The molecule has 0 aliphatic carbocycles. The molecular weight excluding hydrogens is 268 g/mol. The topological polar surface area (TPSA) is 61.2 Å². The first-order valence-corrected chi connectivity index (χ1v) is 8.43. The summed E-state index contributed by atoms with van der Waals surface area (Å²) in [5.41, 5.74) is 1.02. The zero-order chi connectivity index (χ0) is 13.0. The van der Waals surface area contributed by atoms with Crippen LogP contribution in [0.1, 0.15) is 11.1 Å². The fraction of sp³-hybridized carbons (Fsp3) is 0.417. The van der Waals surface area contributed by atoms with Gasteiger partial charge in [-0.05, 0) is 11.6 Å². The molecular formula is C12H14N2O2S2. The molecule has 0 bridgehead atoms. The Morgan fingerprint density at radius 3 is 2.61 bits per heavy atom. The highest BCUT2D eigenvalue weighted by Gasteiger charge is 2.25. The zero-order valence-corrected chi connectivity index (χ0v) is 11.5. The molecule has 0 saturated carbocycles. The highest BCUT2D eigenvalue weighted by Crippen LogP contribution is 2.18. The summed E-state index contributed by atoms with van der Waals surface area (Å²) < 4.78 is 26.0. The summed E-state index contributed by atoms with van der Waals surface area (Å²) in [6.45, 7) is 1.14. The second-order valence-corrected chi connectivity index (χ2v) is 7.23. The Bertz CT molecular complexity index is 558. The number of sulfonamides is 1. The van der Waals surface area contributed by atoms with Gasteiger partial charge in [0.1, 0.15) is 0 Å². The average molecular weight is 282 g/mol. The first-order valence-electron chi connectivity index (χ1n) is 5.67. The van der Waals surface area contributed by atoms with Crippen molar-refractivity contribution in [2.45, 2.75) is 5.75 Å².